The molecule has 0 aliphatic carbocycles. The monoisotopic (exact) mass is 490 g/mol. The molecule has 0 aliphatic heterocycles. The molecule has 1 atom stereocenters. The predicted molar refractivity (Wildman–Crippen MR) is 133 cm³/mol. The van der Waals surface area contributed by atoms with Crippen LogP contribution in [0, 0.1) is 0 Å². The Balaban J connectivity index is 0.000000299. The molecule has 0 radical (unpaired) electrons. The number of rotatable bonds is 10. The number of hydrogen-bond acceptors (Lipinski definition) is 5. The molecule has 0 aliphatic rings. The summed E-state index contributed by atoms with van der Waals surface area (Å²) in [7, 11) is -6.16. The van der Waals surface area contributed by atoms with Gasteiger partial charge in [-0.2, -0.15) is 0 Å². The zero-order valence-corrected chi connectivity index (χ0v) is 21.1. The van der Waals surface area contributed by atoms with Crippen LogP contribution in [0.4, 0.5) is 0 Å². The van der Waals surface area contributed by atoms with Gasteiger partial charge in [0.25, 0.3) is 0 Å². The maximum atomic E-state index is 12.6. The molecule has 0 bridgehead atoms. The van der Waals surface area contributed by atoms with Crippen molar-refractivity contribution in [1.82, 2.24) is 0 Å². The van der Waals surface area contributed by atoms with Gasteiger partial charge in [0.1, 0.15) is 5.16 Å². The summed E-state index contributed by atoms with van der Waals surface area (Å²) in [6, 6.07) is 28.7. The van der Waals surface area contributed by atoms with Crippen LogP contribution in [-0.4, -0.2) is 24.7 Å². The largest absolute Gasteiger partial charge is 0.474 e. The second-order valence-corrected chi connectivity index (χ2v) is 9.88. The van der Waals surface area contributed by atoms with Gasteiger partial charge in [-0.1, -0.05) is 91.0 Å². The van der Waals surface area contributed by atoms with Gasteiger partial charge < -0.3 is 4.89 Å². The lowest BCUT2D eigenvalue weighted by Gasteiger charge is -2.33. The van der Waals surface area contributed by atoms with E-state index in [9.17, 15) is 14.0 Å². The van der Waals surface area contributed by atoms with Crippen LogP contribution < -0.4 is 0 Å². The summed E-state index contributed by atoms with van der Waals surface area (Å²) in [4.78, 5) is 10.4. The fourth-order valence-corrected chi connectivity index (χ4v) is 5.93. The zero-order chi connectivity index (χ0) is 24.2. The molecule has 0 saturated carbocycles. The van der Waals surface area contributed by atoms with E-state index in [-0.39, 0.29) is 0 Å². The van der Waals surface area contributed by atoms with Gasteiger partial charge >= 0.3 is 7.82 Å². The van der Waals surface area contributed by atoms with E-state index in [4.69, 9.17) is 13.6 Å². The minimum Gasteiger partial charge on any atom is -0.345 e. The summed E-state index contributed by atoms with van der Waals surface area (Å²) >= 11 is 0. The van der Waals surface area contributed by atoms with Crippen molar-refractivity contribution in [2.24, 2.45) is 0 Å². The van der Waals surface area contributed by atoms with Gasteiger partial charge in [0.05, 0.1) is 19.8 Å². The molecule has 0 amide bonds. The average Bonchev–Trinajstić information content (AvgIpc) is 2.82. The number of hydrogen-bond donors (Lipinski definition) is 1. The van der Waals surface area contributed by atoms with Crippen LogP contribution in [0.15, 0.2) is 91.0 Å². The van der Waals surface area contributed by atoms with Crippen LogP contribution in [0.25, 0.3) is 0 Å². The predicted octanol–water partition coefficient (Wildman–Crippen LogP) is 6.65. The molecule has 8 heteroatoms. The summed E-state index contributed by atoms with van der Waals surface area (Å²) in [6.07, 6.45) is 0. The Labute approximate surface area is 197 Å². The van der Waals surface area contributed by atoms with Crippen LogP contribution in [0.1, 0.15) is 37.5 Å². The summed E-state index contributed by atoms with van der Waals surface area (Å²) in [5, 5.41) is -1.02. The van der Waals surface area contributed by atoms with E-state index in [1.807, 2.05) is 91.0 Å². The Morgan fingerprint density at radius 2 is 0.939 bits per heavy atom. The second-order valence-electron chi connectivity index (χ2n) is 6.85. The van der Waals surface area contributed by atoms with Gasteiger partial charge in [0.2, 0.25) is 8.03 Å². The van der Waals surface area contributed by atoms with E-state index in [1.165, 1.54) is 0 Å². The number of phosphoric ester groups is 1. The minimum atomic E-state index is -3.22. The van der Waals surface area contributed by atoms with Crippen LogP contribution in [0.3, 0.4) is 0 Å². The van der Waals surface area contributed by atoms with Crippen molar-refractivity contribution in [1.29, 1.82) is 0 Å². The molecule has 3 aromatic carbocycles. The van der Waals surface area contributed by atoms with Gasteiger partial charge in [-0.15, -0.1) is 0 Å². The van der Waals surface area contributed by atoms with Gasteiger partial charge in [0.15, 0.2) is 0 Å². The van der Waals surface area contributed by atoms with E-state index in [2.05, 4.69) is 0 Å². The topological polar surface area (TPSA) is 82.1 Å². The SMILES string of the molecule is CCOP(=O)(OCC)OCC.O=[PH](O)C(c1ccccc1)(c1ccccc1)c1ccccc1. The lowest BCUT2D eigenvalue weighted by Crippen LogP contribution is -2.25. The third kappa shape index (κ3) is 6.97. The van der Waals surface area contributed by atoms with E-state index in [0.29, 0.717) is 19.8 Å². The van der Waals surface area contributed by atoms with Gasteiger partial charge in [-0.05, 0) is 37.5 Å². The fraction of sp³-hybridized carbons (Fsp3) is 0.280. The van der Waals surface area contributed by atoms with E-state index in [0.717, 1.165) is 16.7 Å². The van der Waals surface area contributed by atoms with Crippen molar-refractivity contribution in [2.45, 2.75) is 25.9 Å². The number of phosphoric acid groups is 1. The Kier molecular flexibility index (Phi) is 11.2. The van der Waals surface area contributed by atoms with Crippen LogP contribution >= 0.6 is 15.9 Å². The molecule has 33 heavy (non-hydrogen) atoms. The summed E-state index contributed by atoms with van der Waals surface area (Å²) < 4.78 is 38.4. The Bertz CT molecular complexity index is 892. The van der Waals surface area contributed by atoms with Gasteiger partial charge in [-0.25, -0.2) is 4.57 Å². The van der Waals surface area contributed by atoms with Crippen molar-refractivity contribution >= 4 is 15.9 Å². The molecule has 0 saturated heterocycles. The molecule has 1 unspecified atom stereocenters. The quantitative estimate of drug-likeness (QED) is 0.253. The highest BCUT2D eigenvalue weighted by Gasteiger charge is 2.41. The normalized spacial score (nSPS) is 12.5. The van der Waals surface area contributed by atoms with E-state index in [1.54, 1.807) is 20.8 Å². The molecule has 0 heterocycles. The first-order valence-electron chi connectivity index (χ1n) is 10.9. The molecule has 0 spiro atoms. The molecule has 3 rings (SSSR count). The average molecular weight is 490 g/mol. The summed E-state index contributed by atoms with van der Waals surface area (Å²) in [5.74, 6) is 0. The van der Waals surface area contributed by atoms with E-state index < -0.39 is 21.0 Å². The lowest BCUT2D eigenvalue weighted by atomic mass is 9.84. The fourth-order valence-electron chi connectivity index (χ4n) is 3.52. The van der Waals surface area contributed by atoms with Crippen molar-refractivity contribution in [2.75, 3.05) is 19.8 Å². The molecular formula is C25H32O6P2. The van der Waals surface area contributed by atoms with Crippen LogP contribution in [0.2, 0.25) is 0 Å². The molecule has 178 valence electrons. The van der Waals surface area contributed by atoms with Crippen molar-refractivity contribution in [3.63, 3.8) is 0 Å². The molecule has 0 aromatic heterocycles. The maximum Gasteiger partial charge on any atom is 0.474 e. The molecule has 1 N–H and O–H groups in total. The molecule has 3 aromatic rings. The van der Waals surface area contributed by atoms with Crippen LogP contribution in [-0.2, 0) is 27.9 Å². The number of benzene rings is 3. The smallest absolute Gasteiger partial charge is 0.345 e. The maximum absolute atomic E-state index is 12.6. The minimum absolute atomic E-state index is 0.331. The lowest BCUT2D eigenvalue weighted by molar-refractivity contribution is 0.126. The van der Waals surface area contributed by atoms with Crippen molar-refractivity contribution < 1.29 is 27.6 Å². The third-order valence-electron chi connectivity index (χ3n) is 4.80. The highest BCUT2D eigenvalue weighted by atomic mass is 31.2. The molecule has 6 nitrogen and oxygen atoms in total. The zero-order valence-electron chi connectivity index (χ0n) is 19.2. The standard InChI is InChI=1S/C19H17O2P.C6H15O4P/c20-22(21)19(16-10-4-1-5-11-16,17-12-6-2-7-13-17)18-14-8-3-9-15-18;1-4-8-11(7,9-5-2)10-6-3/h1-15,22H,(H,20,21);4-6H2,1-3H3. The molecule has 0 fully saturated rings. The van der Waals surface area contributed by atoms with Crippen molar-refractivity contribution in [3.05, 3.63) is 108 Å². The highest BCUT2D eigenvalue weighted by Crippen LogP contribution is 2.54. The van der Waals surface area contributed by atoms with E-state index >= 15 is 0 Å². The highest BCUT2D eigenvalue weighted by molar-refractivity contribution is 7.48. The first-order valence-corrected chi connectivity index (χ1v) is 13.7. The first-order chi connectivity index (χ1) is 15.9. The van der Waals surface area contributed by atoms with Crippen molar-refractivity contribution in [3.8, 4) is 0 Å². The summed E-state index contributed by atoms with van der Waals surface area (Å²) in [6.45, 7) is 6.21. The second kappa shape index (κ2) is 13.6. The summed E-state index contributed by atoms with van der Waals surface area (Å²) in [5.41, 5.74) is 2.50. The Morgan fingerprint density at radius 1 is 0.667 bits per heavy atom. The Hall–Kier alpha value is -2.04. The Morgan fingerprint density at radius 3 is 1.15 bits per heavy atom. The molecular weight excluding hydrogens is 458 g/mol. The first kappa shape index (κ1) is 27.2. The van der Waals surface area contributed by atoms with Crippen LogP contribution in [0.5, 0.6) is 0 Å². The third-order valence-corrected chi connectivity index (χ3v) is 8.03. The van der Waals surface area contributed by atoms with Gasteiger partial charge in [0, 0.05) is 0 Å². The van der Waals surface area contributed by atoms with Gasteiger partial charge in [-0.3, -0.25) is 18.1 Å².